The second-order valence-corrected chi connectivity index (χ2v) is 9.02. The molecule has 172 valence electrons. The van der Waals surface area contributed by atoms with Crippen molar-refractivity contribution in [3.8, 4) is 5.75 Å². The van der Waals surface area contributed by atoms with Crippen molar-refractivity contribution in [1.82, 2.24) is 5.32 Å². The SMILES string of the molecule is COC(=O)C1=C(C)NC2=C(C(=O)CCC2)[C@H]1c1cc(COc2ccccc2Cl)c(C)cc1C. The molecule has 0 aromatic heterocycles. The fraction of sp³-hybridized carbons (Fsp3) is 0.333. The quantitative estimate of drug-likeness (QED) is 0.576. The molecule has 1 atom stereocenters. The first-order valence-corrected chi connectivity index (χ1v) is 11.5. The zero-order chi connectivity index (χ0) is 23.7. The number of rotatable bonds is 5. The van der Waals surface area contributed by atoms with Crippen molar-refractivity contribution >= 4 is 23.4 Å². The van der Waals surface area contributed by atoms with Crippen LogP contribution >= 0.6 is 11.6 Å². The third-order valence-electron chi connectivity index (χ3n) is 6.44. The minimum atomic E-state index is -0.471. The monoisotopic (exact) mass is 465 g/mol. The van der Waals surface area contributed by atoms with E-state index in [1.165, 1.54) is 7.11 Å². The molecular formula is C27H28ClNO4. The number of ether oxygens (including phenoxy) is 2. The van der Waals surface area contributed by atoms with Gasteiger partial charge in [0.05, 0.1) is 17.7 Å². The van der Waals surface area contributed by atoms with Gasteiger partial charge in [-0.2, -0.15) is 0 Å². The van der Waals surface area contributed by atoms with Crippen molar-refractivity contribution in [2.24, 2.45) is 0 Å². The van der Waals surface area contributed by atoms with E-state index in [2.05, 4.69) is 17.4 Å². The van der Waals surface area contributed by atoms with E-state index in [1.54, 1.807) is 6.07 Å². The zero-order valence-corrected chi connectivity index (χ0v) is 20.1. The largest absolute Gasteiger partial charge is 0.487 e. The number of para-hydroxylation sites is 1. The molecule has 0 saturated carbocycles. The van der Waals surface area contributed by atoms with Gasteiger partial charge in [0.15, 0.2) is 5.78 Å². The molecule has 2 aromatic rings. The van der Waals surface area contributed by atoms with Crippen molar-refractivity contribution in [2.75, 3.05) is 7.11 Å². The van der Waals surface area contributed by atoms with Gasteiger partial charge in [0.2, 0.25) is 0 Å². The molecule has 33 heavy (non-hydrogen) atoms. The van der Waals surface area contributed by atoms with Gasteiger partial charge in [-0.25, -0.2) is 4.79 Å². The third kappa shape index (κ3) is 4.42. The van der Waals surface area contributed by atoms with E-state index < -0.39 is 11.9 Å². The number of aryl methyl sites for hydroxylation is 2. The molecule has 2 aliphatic rings. The Hall–Kier alpha value is -3.05. The molecule has 1 aliphatic heterocycles. The minimum absolute atomic E-state index is 0.0801. The number of hydrogen-bond acceptors (Lipinski definition) is 5. The maximum Gasteiger partial charge on any atom is 0.336 e. The van der Waals surface area contributed by atoms with E-state index in [1.807, 2.05) is 39.0 Å². The van der Waals surface area contributed by atoms with Crippen LogP contribution in [-0.2, 0) is 20.9 Å². The van der Waals surface area contributed by atoms with E-state index >= 15 is 0 Å². The molecule has 4 rings (SSSR count). The number of esters is 1. The van der Waals surface area contributed by atoms with Crippen LogP contribution in [0.15, 0.2) is 58.9 Å². The van der Waals surface area contributed by atoms with Gasteiger partial charge in [-0.1, -0.05) is 35.9 Å². The number of allylic oxidation sites excluding steroid dienone is 3. The maximum absolute atomic E-state index is 13.1. The Morgan fingerprint density at radius 3 is 2.61 bits per heavy atom. The Morgan fingerprint density at radius 2 is 1.88 bits per heavy atom. The van der Waals surface area contributed by atoms with Crippen LogP contribution in [0, 0.1) is 13.8 Å². The lowest BCUT2D eigenvalue weighted by Gasteiger charge is -2.35. The fourth-order valence-corrected chi connectivity index (χ4v) is 4.97. The molecule has 1 heterocycles. The summed E-state index contributed by atoms with van der Waals surface area (Å²) in [4.78, 5) is 25.9. The van der Waals surface area contributed by atoms with Crippen LogP contribution in [0.5, 0.6) is 5.75 Å². The predicted molar refractivity (Wildman–Crippen MR) is 128 cm³/mol. The number of carbonyl (C=O) groups is 2. The van der Waals surface area contributed by atoms with Gasteiger partial charge >= 0.3 is 5.97 Å². The highest BCUT2D eigenvalue weighted by Crippen LogP contribution is 2.44. The van der Waals surface area contributed by atoms with Crippen molar-refractivity contribution < 1.29 is 19.1 Å². The van der Waals surface area contributed by atoms with Gasteiger partial charge in [0.1, 0.15) is 12.4 Å². The highest BCUT2D eigenvalue weighted by atomic mass is 35.5. The van der Waals surface area contributed by atoms with Gasteiger partial charge in [-0.05, 0) is 68.0 Å². The van der Waals surface area contributed by atoms with Crippen LogP contribution in [0.3, 0.4) is 0 Å². The van der Waals surface area contributed by atoms with Crippen LogP contribution < -0.4 is 10.1 Å². The van der Waals surface area contributed by atoms with E-state index in [4.69, 9.17) is 21.1 Å². The van der Waals surface area contributed by atoms with E-state index in [0.717, 1.165) is 46.5 Å². The molecule has 2 aromatic carbocycles. The Labute approximate surface area is 199 Å². The van der Waals surface area contributed by atoms with Gasteiger partial charge in [0, 0.05) is 29.3 Å². The molecular weight excluding hydrogens is 438 g/mol. The summed E-state index contributed by atoms with van der Waals surface area (Å²) in [6.45, 7) is 6.24. The second-order valence-electron chi connectivity index (χ2n) is 8.61. The fourth-order valence-electron chi connectivity index (χ4n) is 4.77. The van der Waals surface area contributed by atoms with Crippen molar-refractivity contribution in [3.63, 3.8) is 0 Å². The van der Waals surface area contributed by atoms with Crippen LogP contribution in [-0.4, -0.2) is 18.9 Å². The number of benzene rings is 2. The van der Waals surface area contributed by atoms with Crippen molar-refractivity contribution in [2.45, 2.75) is 52.6 Å². The zero-order valence-electron chi connectivity index (χ0n) is 19.4. The number of nitrogens with one attached hydrogen (secondary N) is 1. The van der Waals surface area contributed by atoms with Gasteiger partial charge < -0.3 is 14.8 Å². The Morgan fingerprint density at radius 1 is 1.12 bits per heavy atom. The first-order valence-electron chi connectivity index (χ1n) is 11.1. The number of Topliss-reactive ketones (excluding diaryl/α,β-unsaturated/α-hetero) is 1. The molecule has 6 heteroatoms. The summed E-state index contributed by atoms with van der Waals surface area (Å²) in [7, 11) is 1.37. The molecule has 0 bridgehead atoms. The molecule has 0 saturated heterocycles. The molecule has 1 N–H and O–H groups in total. The van der Waals surface area contributed by atoms with Crippen LogP contribution in [0.25, 0.3) is 0 Å². The Bertz CT molecular complexity index is 1190. The van der Waals surface area contributed by atoms with E-state index in [9.17, 15) is 9.59 Å². The summed E-state index contributed by atoms with van der Waals surface area (Å²) >= 11 is 6.25. The van der Waals surface area contributed by atoms with Crippen LogP contribution in [0.1, 0.15) is 54.4 Å². The highest BCUT2D eigenvalue weighted by Gasteiger charge is 2.39. The molecule has 5 nitrogen and oxygen atoms in total. The number of hydrogen-bond donors (Lipinski definition) is 1. The maximum atomic E-state index is 13.1. The molecule has 0 fully saturated rings. The number of halogens is 1. The highest BCUT2D eigenvalue weighted by molar-refractivity contribution is 6.32. The van der Waals surface area contributed by atoms with Gasteiger partial charge in [0.25, 0.3) is 0 Å². The molecule has 0 spiro atoms. The van der Waals surface area contributed by atoms with Crippen LogP contribution in [0.4, 0.5) is 0 Å². The summed E-state index contributed by atoms with van der Waals surface area (Å²) in [5, 5.41) is 3.86. The second kappa shape index (κ2) is 9.44. The summed E-state index contributed by atoms with van der Waals surface area (Å²) in [5.41, 5.74) is 6.78. The van der Waals surface area contributed by atoms with Gasteiger partial charge in [-0.3, -0.25) is 4.79 Å². The number of ketones is 1. The molecule has 0 radical (unpaired) electrons. The average Bonchev–Trinajstić information content (AvgIpc) is 2.78. The lowest BCUT2D eigenvalue weighted by molar-refractivity contribution is -0.136. The smallest absolute Gasteiger partial charge is 0.336 e. The predicted octanol–water partition coefficient (Wildman–Crippen LogP) is 5.68. The number of carbonyl (C=O) groups excluding carboxylic acids is 2. The topological polar surface area (TPSA) is 64.6 Å². The Balaban J connectivity index is 1.80. The first kappa shape index (κ1) is 23.1. The number of methoxy groups -OCH3 is 1. The lowest BCUT2D eigenvalue weighted by Crippen LogP contribution is -2.34. The average molecular weight is 466 g/mol. The standard InChI is InChI=1S/C27H28ClNO4/c1-15-12-16(2)19(13-18(15)14-33-23-11-6-5-8-20(23)28)25-24(27(31)32-4)17(3)29-21-9-7-10-22(30)26(21)25/h5-6,8,11-13,25,29H,7,9-10,14H2,1-4H3/t25-/m0/s1. The first-order chi connectivity index (χ1) is 15.8. The molecule has 0 unspecified atom stereocenters. The molecule has 1 aliphatic carbocycles. The van der Waals surface area contributed by atoms with Crippen LogP contribution in [0.2, 0.25) is 5.02 Å². The third-order valence-corrected chi connectivity index (χ3v) is 6.75. The Kier molecular flexibility index (Phi) is 6.61. The normalized spacial score (nSPS) is 18.1. The minimum Gasteiger partial charge on any atom is -0.487 e. The summed E-state index contributed by atoms with van der Waals surface area (Å²) < 4.78 is 11.1. The van der Waals surface area contributed by atoms with E-state index in [0.29, 0.717) is 34.9 Å². The molecule has 0 amide bonds. The van der Waals surface area contributed by atoms with Crippen molar-refractivity contribution in [3.05, 3.63) is 86.2 Å². The van der Waals surface area contributed by atoms with Gasteiger partial charge in [-0.15, -0.1) is 0 Å². The van der Waals surface area contributed by atoms with E-state index in [-0.39, 0.29) is 5.78 Å². The summed E-state index contributed by atoms with van der Waals surface area (Å²) in [5.74, 6) is -0.206. The van der Waals surface area contributed by atoms with Crippen molar-refractivity contribution in [1.29, 1.82) is 0 Å². The summed E-state index contributed by atoms with van der Waals surface area (Å²) in [6.07, 6.45) is 2.08. The number of dihydropyridines is 1. The lowest BCUT2D eigenvalue weighted by atomic mass is 9.73. The summed E-state index contributed by atoms with van der Waals surface area (Å²) in [6, 6.07) is 11.5.